The third-order valence-electron chi connectivity index (χ3n) is 2.42. The minimum absolute atomic E-state index is 0.0786. The third-order valence-corrected chi connectivity index (χ3v) is 2.42. The standard InChI is InChI=1S/C12H10F3N3/c1-6-3-2-4-7(13)10(6)17-12-9(15)5-8(14)11(16)18-12/h2-5H,1H3,(H3,16,17,18). The van der Waals surface area contributed by atoms with E-state index in [2.05, 4.69) is 10.3 Å². The molecule has 2 rings (SSSR count). The van der Waals surface area contributed by atoms with Crippen molar-refractivity contribution in [3.63, 3.8) is 0 Å². The third kappa shape index (κ3) is 2.22. The highest BCUT2D eigenvalue weighted by molar-refractivity contribution is 5.62. The quantitative estimate of drug-likeness (QED) is 0.864. The summed E-state index contributed by atoms with van der Waals surface area (Å²) in [6.07, 6.45) is 0. The van der Waals surface area contributed by atoms with Crippen LogP contribution in [-0.2, 0) is 0 Å². The van der Waals surface area contributed by atoms with Crippen LogP contribution in [0.2, 0.25) is 0 Å². The highest BCUT2D eigenvalue weighted by Gasteiger charge is 2.12. The Morgan fingerprint density at radius 1 is 1.11 bits per heavy atom. The van der Waals surface area contributed by atoms with Crippen molar-refractivity contribution in [3.8, 4) is 0 Å². The first-order valence-electron chi connectivity index (χ1n) is 5.12. The summed E-state index contributed by atoms with van der Waals surface area (Å²) >= 11 is 0. The molecule has 0 bridgehead atoms. The minimum Gasteiger partial charge on any atom is -0.381 e. The summed E-state index contributed by atoms with van der Waals surface area (Å²) < 4.78 is 39.9. The highest BCUT2D eigenvalue weighted by atomic mass is 19.1. The van der Waals surface area contributed by atoms with Crippen LogP contribution in [0.1, 0.15) is 5.56 Å². The molecule has 18 heavy (non-hydrogen) atoms. The number of pyridine rings is 1. The van der Waals surface area contributed by atoms with Crippen molar-refractivity contribution in [2.45, 2.75) is 6.92 Å². The lowest BCUT2D eigenvalue weighted by molar-refractivity contribution is 0.580. The molecule has 0 unspecified atom stereocenters. The summed E-state index contributed by atoms with van der Waals surface area (Å²) in [6, 6.07) is 5.00. The molecule has 0 saturated carbocycles. The van der Waals surface area contributed by atoms with Gasteiger partial charge in [-0.1, -0.05) is 12.1 Å². The molecule has 0 amide bonds. The summed E-state index contributed by atoms with van der Waals surface area (Å²) in [7, 11) is 0. The average molecular weight is 253 g/mol. The number of hydrogen-bond donors (Lipinski definition) is 2. The van der Waals surface area contributed by atoms with Gasteiger partial charge in [-0.3, -0.25) is 0 Å². The van der Waals surface area contributed by atoms with Crippen LogP contribution in [0.15, 0.2) is 24.3 Å². The number of nitrogens with one attached hydrogen (secondary N) is 1. The molecule has 3 nitrogen and oxygen atoms in total. The number of para-hydroxylation sites is 1. The average Bonchev–Trinajstić information content (AvgIpc) is 2.30. The molecule has 1 heterocycles. The minimum atomic E-state index is -0.955. The maximum atomic E-state index is 13.5. The van der Waals surface area contributed by atoms with Crippen LogP contribution in [-0.4, -0.2) is 4.98 Å². The number of benzene rings is 1. The van der Waals surface area contributed by atoms with Crippen LogP contribution in [0, 0.1) is 24.4 Å². The zero-order chi connectivity index (χ0) is 13.3. The Hall–Kier alpha value is -2.24. The molecule has 1 aromatic carbocycles. The molecule has 3 N–H and O–H groups in total. The number of hydrogen-bond acceptors (Lipinski definition) is 3. The van der Waals surface area contributed by atoms with Gasteiger partial charge in [-0.2, -0.15) is 0 Å². The molecule has 0 aliphatic carbocycles. The Morgan fingerprint density at radius 2 is 1.83 bits per heavy atom. The highest BCUT2D eigenvalue weighted by Crippen LogP contribution is 2.25. The van der Waals surface area contributed by atoms with Gasteiger partial charge < -0.3 is 11.1 Å². The van der Waals surface area contributed by atoms with Gasteiger partial charge in [0.05, 0.1) is 5.69 Å². The van der Waals surface area contributed by atoms with Crippen molar-refractivity contribution in [1.82, 2.24) is 4.98 Å². The summed E-state index contributed by atoms with van der Waals surface area (Å²) in [5, 5.41) is 2.47. The van der Waals surface area contributed by atoms with Gasteiger partial charge in [0.2, 0.25) is 0 Å². The zero-order valence-electron chi connectivity index (χ0n) is 9.47. The van der Waals surface area contributed by atoms with E-state index in [0.717, 1.165) is 0 Å². The van der Waals surface area contributed by atoms with E-state index >= 15 is 0 Å². The van der Waals surface area contributed by atoms with Crippen molar-refractivity contribution < 1.29 is 13.2 Å². The first kappa shape index (κ1) is 12.2. The molecule has 1 aromatic heterocycles. The fraction of sp³-hybridized carbons (Fsp3) is 0.0833. The zero-order valence-corrected chi connectivity index (χ0v) is 9.47. The Balaban J connectivity index is 2.43. The predicted molar refractivity (Wildman–Crippen MR) is 63.0 cm³/mol. The van der Waals surface area contributed by atoms with Crippen molar-refractivity contribution in [3.05, 3.63) is 47.3 Å². The van der Waals surface area contributed by atoms with E-state index < -0.39 is 23.3 Å². The molecule has 0 fully saturated rings. The van der Waals surface area contributed by atoms with Crippen LogP contribution in [0.25, 0.3) is 0 Å². The van der Waals surface area contributed by atoms with Crippen molar-refractivity contribution in [2.75, 3.05) is 11.1 Å². The van der Waals surface area contributed by atoms with Gasteiger partial charge in [0.15, 0.2) is 23.3 Å². The molecule has 2 aromatic rings. The summed E-state index contributed by atoms with van der Waals surface area (Å²) in [4.78, 5) is 3.50. The Bertz CT molecular complexity index is 579. The monoisotopic (exact) mass is 253 g/mol. The lowest BCUT2D eigenvalue weighted by Crippen LogP contribution is -2.05. The normalized spacial score (nSPS) is 10.4. The molecule has 94 valence electrons. The number of nitrogens with two attached hydrogens (primary N) is 1. The lowest BCUT2D eigenvalue weighted by Gasteiger charge is -2.11. The molecule has 0 aliphatic heterocycles. The van der Waals surface area contributed by atoms with Gasteiger partial charge in [0.1, 0.15) is 5.82 Å². The smallest absolute Gasteiger partial charge is 0.169 e. The number of nitrogen functional groups attached to an aromatic ring is 1. The fourth-order valence-corrected chi connectivity index (χ4v) is 1.48. The first-order valence-corrected chi connectivity index (χ1v) is 5.12. The molecule has 0 saturated heterocycles. The Labute approximate surface area is 101 Å². The number of rotatable bonds is 2. The van der Waals surface area contributed by atoms with Crippen molar-refractivity contribution in [1.29, 1.82) is 0 Å². The van der Waals surface area contributed by atoms with Crippen molar-refractivity contribution in [2.24, 2.45) is 0 Å². The number of aryl methyl sites for hydroxylation is 1. The van der Waals surface area contributed by atoms with Crippen LogP contribution in [0.3, 0.4) is 0 Å². The maximum Gasteiger partial charge on any atom is 0.169 e. The second kappa shape index (κ2) is 4.56. The number of anilines is 3. The van der Waals surface area contributed by atoms with Gasteiger partial charge in [0.25, 0.3) is 0 Å². The van der Waals surface area contributed by atoms with E-state index in [9.17, 15) is 13.2 Å². The largest absolute Gasteiger partial charge is 0.381 e. The van der Waals surface area contributed by atoms with Crippen LogP contribution in [0.5, 0.6) is 0 Å². The Kier molecular flexibility index (Phi) is 3.10. The van der Waals surface area contributed by atoms with Gasteiger partial charge in [0, 0.05) is 6.07 Å². The topological polar surface area (TPSA) is 50.9 Å². The molecule has 0 spiro atoms. The maximum absolute atomic E-state index is 13.5. The molecule has 0 radical (unpaired) electrons. The van der Waals surface area contributed by atoms with E-state index in [4.69, 9.17) is 5.73 Å². The molecular formula is C12H10F3N3. The molecule has 6 heteroatoms. The second-order valence-electron chi connectivity index (χ2n) is 3.74. The lowest BCUT2D eigenvalue weighted by atomic mass is 10.2. The van der Waals surface area contributed by atoms with Crippen LogP contribution >= 0.6 is 0 Å². The predicted octanol–water partition coefficient (Wildman–Crippen LogP) is 3.13. The van der Waals surface area contributed by atoms with Crippen LogP contribution < -0.4 is 11.1 Å². The van der Waals surface area contributed by atoms with E-state index in [-0.39, 0.29) is 11.5 Å². The second-order valence-corrected chi connectivity index (χ2v) is 3.74. The number of aromatic nitrogens is 1. The van der Waals surface area contributed by atoms with Gasteiger partial charge in [-0.15, -0.1) is 0 Å². The van der Waals surface area contributed by atoms with Crippen molar-refractivity contribution >= 4 is 17.3 Å². The molecular weight excluding hydrogens is 243 g/mol. The number of halogens is 3. The summed E-state index contributed by atoms with van der Waals surface area (Å²) in [5.41, 5.74) is 5.88. The number of nitrogens with zero attached hydrogens (tertiary/aromatic N) is 1. The Morgan fingerprint density at radius 3 is 2.50 bits per heavy atom. The summed E-state index contributed by atoms with van der Waals surface area (Å²) in [6.45, 7) is 1.65. The SMILES string of the molecule is Cc1cccc(F)c1Nc1nc(N)c(F)cc1F. The van der Waals surface area contributed by atoms with E-state index in [1.807, 2.05) is 0 Å². The molecule has 0 atom stereocenters. The van der Waals surface area contributed by atoms with Gasteiger partial charge >= 0.3 is 0 Å². The fourth-order valence-electron chi connectivity index (χ4n) is 1.48. The summed E-state index contributed by atoms with van der Waals surface area (Å²) in [5.74, 6) is -3.22. The van der Waals surface area contributed by atoms with E-state index in [0.29, 0.717) is 11.6 Å². The van der Waals surface area contributed by atoms with Crippen LogP contribution in [0.4, 0.5) is 30.5 Å². The van der Waals surface area contributed by atoms with E-state index in [1.165, 1.54) is 12.1 Å². The first-order chi connectivity index (χ1) is 8.49. The van der Waals surface area contributed by atoms with Gasteiger partial charge in [-0.05, 0) is 18.6 Å². The van der Waals surface area contributed by atoms with Gasteiger partial charge in [-0.25, -0.2) is 18.2 Å². The van der Waals surface area contributed by atoms with E-state index in [1.54, 1.807) is 13.0 Å². The molecule has 0 aliphatic rings.